The normalized spacial score (nSPS) is 22.1. The quantitative estimate of drug-likeness (QED) is 0.817. The SMILES string of the molecule is COCC1c2cccc(C)c2CCN1C(=O)CNCC1(O)CCCCC1. The molecule has 1 atom stereocenters. The average molecular weight is 360 g/mol. The lowest BCUT2D eigenvalue weighted by atomic mass is 9.85. The van der Waals surface area contributed by atoms with Gasteiger partial charge in [-0.3, -0.25) is 4.79 Å². The maximum Gasteiger partial charge on any atom is 0.237 e. The van der Waals surface area contributed by atoms with Crippen molar-refractivity contribution in [2.75, 3.05) is 33.4 Å². The monoisotopic (exact) mass is 360 g/mol. The van der Waals surface area contributed by atoms with Crippen molar-refractivity contribution in [3.8, 4) is 0 Å². The summed E-state index contributed by atoms with van der Waals surface area (Å²) in [5.41, 5.74) is 3.20. The summed E-state index contributed by atoms with van der Waals surface area (Å²) in [5, 5.41) is 13.8. The Bertz CT molecular complexity index is 626. The molecule has 5 heteroatoms. The summed E-state index contributed by atoms with van der Waals surface area (Å²) < 4.78 is 5.42. The van der Waals surface area contributed by atoms with E-state index in [1.807, 2.05) is 4.90 Å². The third-order valence-corrected chi connectivity index (χ3v) is 5.94. The van der Waals surface area contributed by atoms with Gasteiger partial charge in [0.25, 0.3) is 0 Å². The summed E-state index contributed by atoms with van der Waals surface area (Å²) in [6.07, 6.45) is 5.90. The van der Waals surface area contributed by atoms with Crippen LogP contribution in [0.4, 0.5) is 0 Å². The van der Waals surface area contributed by atoms with Crippen LogP contribution in [-0.2, 0) is 16.0 Å². The number of nitrogens with zero attached hydrogens (tertiary/aromatic N) is 1. The van der Waals surface area contributed by atoms with Gasteiger partial charge in [-0.2, -0.15) is 0 Å². The molecule has 0 aromatic heterocycles. The third kappa shape index (κ3) is 4.27. The zero-order valence-corrected chi connectivity index (χ0v) is 16.1. The second-order valence-electron chi connectivity index (χ2n) is 7.84. The molecule has 3 rings (SSSR count). The first-order valence-corrected chi connectivity index (χ1v) is 9.84. The van der Waals surface area contributed by atoms with Gasteiger partial charge in [-0.05, 0) is 42.9 Å². The van der Waals surface area contributed by atoms with Gasteiger partial charge in [-0.25, -0.2) is 0 Å². The Morgan fingerprint density at radius 2 is 2.12 bits per heavy atom. The first kappa shape index (κ1) is 19.3. The van der Waals surface area contributed by atoms with Crippen LogP contribution in [0.2, 0.25) is 0 Å². The Kier molecular flexibility index (Phi) is 6.33. The van der Waals surface area contributed by atoms with Crippen LogP contribution < -0.4 is 5.32 Å². The molecular weight excluding hydrogens is 328 g/mol. The summed E-state index contributed by atoms with van der Waals surface area (Å²) in [7, 11) is 1.68. The van der Waals surface area contributed by atoms with Crippen LogP contribution in [-0.4, -0.2) is 54.9 Å². The van der Waals surface area contributed by atoms with Crippen molar-refractivity contribution < 1.29 is 14.6 Å². The van der Waals surface area contributed by atoms with Crippen LogP contribution in [0, 0.1) is 6.92 Å². The lowest BCUT2D eigenvalue weighted by Gasteiger charge is -2.38. The number of nitrogens with one attached hydrogen (secondary N) is 1. The standard InChI is InChI=1S/C21H32N2O3/c1-16-7-6-8-18-17(16)9-12-23(19(18)14-26-2)20(24)13-22-15-21(25)10-4-3-5-11-21/h6-8,19,22,25H,3-5,9-15H2,1-2H3. The molecule has 1 heterocycles. The van der Waals surface area contributed by atoms with Gasteiger partial charge < -0.3 is 20.1 Å². The highest BCUT2D eigenvalue weighted by molar-refractivity contribution is 5.79. The number of aliphatic hydroxyl groups is 1. The third-order valence-electron chi connectivity index (χ3n) is 5.94. The van der Waals surface area contributed by atoms with E-state index >= 15 is 0 Å². The number of hydrogen-bond acceptors (Lipinski definition) is 4. The van der Waals surface area contributed by atoms with Gasteiger partial charge in [0.05, 0.1) is 24.8 Å². The fraction of sp³-hybridized carbons (Fsp3) is 0.667. The molecule has 1 amide bonds. The zero-order valence-electron chi connectivity index (χ0n) is 16.1. The topological polar surface area (TPSA) is 61.8 Å². The predicted octanol–water partition coefficient (Wildman–Crippen LogP) is 2.35. The van der Waals surface area contributed by atoms with Crippen LogP contribution in [0.15, 0.2) is 18.2 Å². The second-order valence-corrected chi connectivity index (χ2v) is 7.84. The minimum atomic E-state index is -0.643. The number of fused-ring (bicyclic) bond motifs is 1. The highest BCUT2D eigenvalue weighted by atomic mass is 16.5. The van der Waals surface area contributed by atoms with Crippen molar-refractivity contribution in [1.29, 1.82) is 0 Å². The maximum absolute atomic E-state index is 12.9. The van der Waals surface area contributed by atoms with Crippen molar-refractivity contribution in [3.63, 3.8) is 0 Å². The minimum Gasteiger partial charge on any atom is -0.389 e. The van der Waals surface area contributed by atoms with Gasteiger partial charge >= 0.3 is 0 Å². The lowest BCUT2D eigenvalue weighted by molar-refractivity contribution is -0.134. The first-order valence-electron chi connectivity index (χ1n) is 9.84. The van der Waals surface area contributed by atoms with Crippen molar-refractivity contribution in [2.45, 2.75) is 57.1 Å². The first-order chi connectivity index (χ1) is 12.5. The molecule has 0 spiro atoms. The van der Waals surface area contributed by atoms with Crippen molar-refractivity contribution in [2.24, 2.45) is 0 Å². The molecule has 2 N–H and O–H groups in total. The van der Waals surface area contributed by atoms with Crippen LogP contribution in [0.3, 0.4) is 0 Å². The molecule has 0 saturated heterocycles. The molecule has 1 fully saturated rings. The zero-order chi connectivity index (χ0) is 18.6. The Morgan fingerprint density at radius 1 is 1.35 bits per heavy atom. The summed E-state index contributed by atoms with van der Waals surface area (Å²) in [4.78, 5) is 14.8. The molecule has 1 saturated carbocycles. The highest BCUT2D eigenvalue weighted by Gasteiger charge is 2.32. The van der Waals surface area contributed by atoms with Crippen LogP contribution in [0.5, 0.6) is 0 Å². The predicted molar refractivity (Wildman–Crippen MR) is 102 cm³/mol. The van der Waals surface area contributed by atoms with Gasteiger partial charge in [0.1, 0.15) is 0 Å². The van der Waals surface area contributed by atoms with Gasteiger partial charge in [0, 0.05) is 20.2 Å². The van der Waals surface area contributed by atoms with E-state index in [1.54, 1.807) is 7.11 Å². The van der Waals surface area contributed by atoms with E-state index in [4.69, 9.17) is 4.74 Å². The van der Waals surface area contributed by atoms with E-state index in [0.717, 1.165) is 38.6 Å². The molecule has 1 aromatic rings. The number of hydrogen-bond donors (Lipinski definition) is 2. The van der Waals surface area contributed by atoms with Crippen molar-refractivity contribution >= 4 is 5.91 Å². The van der Waals surface area contributed by atoms with Gasteiger partial charge in [-0.15, -0.1) is 0 Å². The number of benzene rings is 1. The van der Waals surface area contributed by atoms with E-state index in [1.165, 1.54) is 23.1 Å². The highest BCUT2D eigenvalue weighted by Crippen LogP contribution is 2.32. The largest absolute Gasteiger partial charge is 0.389 e. The molecule has 0 bridgehead atoms. The smallest absolute Gasteiger partial charge is 0.237 e. The molecule has 1 aliphatic carbocycles. The Balaban J connectivity index is 1.63. The molecule has 5 nitrogen and oxygen atoms in total. The summed E-state index contributed by atoms with van der Waals surface area (Å²) in [6.45, 7) is 4.12. The summed E-state index contributed by atoms with van der Waals surface area (Å²) >= 11 is 0. The molecule has 1 aromatic carbocycles. The molecular formula is C21H32N2O3. The van der Waals surface area contributed by atoms with Gasteiger partial charge in [0.15, 0.2) is 0 Å². The maximum atomic E-state index is 12.9. The minimum absolute atomic E-state index is 0.0317. The fourth-order valence-corrected chi connectivity index (χ4v) is 4.46. The molecule has 26 heavy (non-hydrogen) atoms. The lowest BCUT2D eigenvalue weighted by Crippen LogP contribution is -2.49. The van der Waals surface area contributed by atoms with E-state index in [-0.39, 0.29) is 18.5 Å². The Morgan fingerprint density at radius 3 is 2.85 bits per heavy atom. The van der Waals surface area contributed by atoms with Crippen molar-refractivity contribution in [1.82, 2.24) is 10.2 Å². The van der Waals surface area contributed by atoms with E-state index < -0.39 is 5.60 Å². The van der Waals surface area contributed by atoms with E-state index in [0.29, 0.717) is 13.2 Å². The Labute approximate surface area is 156 Å². The van der Waals surface area contributed by atoms with E-state index in [2.05, 4.69) is 30.4 Å². The van der Waals surface area contributed by atoms with Crippen LogP contribution in [0.1, 0.15) is 54.8 Å². The fourth-order valence-electron chi connectivity index (χ4n) is 4.46. The summed E-state index contributed by atoms with van der Waals surface area (Å²) in [5.74, 6) is 0.0821. The number of aryl methyl sites for hydroxylation is 1. The number of methoxy groups -OCH3 is 1. The van der Waals surface area contributed by atoms with Gasteiger partial charge in [0.2, 0.25) is 5.91 Å². The molecule has 0 radical (unpaired) electrons. The van der Waals surface area contributed by atoms with Crippen LogP contribution >= 0.6 is 0 Å². The molecule has 1 unspecified atom stereocenters. The number of amides is 1. The van der Waals surface area contributed by atoms with Crippen molar-refractivity contribution in [3.05, 3.63) is 34.9 Å². The number of ether oxygens (including phenoxy) is 1. The van der Waals surface area contributed by atoms with E-state index in [9.17, 15) is 9.90 Å². The average Bonchev–Trinajstić information content (AvgIpc) is 2.63. The summed E-state index contributed by atoms with van der Waals surface area (Å²) in [6, 6.07) is 6.27. The van der Waals surface area contributed by atoms with Gasteiger partial charge in [-0.1, -0.05) is 37.5 Å². The second kappa shape index (κ2) is 8.51. The Hall–Kier alpha value is -1.43. The van der Waals surface area contributed by atoms with Crippen LogP contribution in [0.25, 0.3) is 0 Å². The number of carbonyl (C=O) groups is 1. The number of rotatable bonds is 6. The molecule has 1 aliphatic heterocycles. The molecule has 2 aliphatic rings. The molecule has 144 valence electrons. The number of carbonyl (C=O) groups excluding carboxylic acids is 1.